The number of thiazole rings is 1. The number of Topliss-reactive ketones (excluding diaryl/α,β-unsaturated/α-hetero) is 1. The minimum absolute atomic E-state index is 0.0313. The Morgan fingerprint density at radius 3 is 2.79 bits per heavy atom. The highest BCUT2D eigenvalue weighted by atomic mass is 32.1. The number of aromatic nitrogens is 5. The van der Waals surface area contributed by atoms with E-state index in [1.54, 1.807) is 43.0 Å². The maximum Gasteiger partial charge on any atom is 0.211 e. The summed E-state index contributed by atoms with van der Waals surface area (Å²) in [5, 5.41) is 4.18. The Balaban J connectivity index is 1.47. The lowest BCUT2D eigenvalue weighted by atomic mass is 9.89. The van der Waals surface area contributed by atoms with Crippen LogP contribution in [0.25, 0.3) is 11.2 Å². The molecule has 10 nitrogen and oxygen atoms in total. The van der Waals surface area contributed by atoms with Crippen molar-refractivity contribution in [3.8, 4) is 17.2 Å². The molecule has 0 unspecified atom stereocenters. The fourth-order valence-corrected chi connectivity index (χ4v) is 5.65. The third kappa shape index (κ3) is 5.21. The topological polar surface area (TPSA) is 113 Å². The van der Waals surface area contributed by atoms with Crippen molar-refractivity contribution < 1.29 is 19.0 Å². The Morgan fingerprint density at radius 2 is 2.11 bits per heavy atom. The van der Waals surface area contributed by atoms with Crippen LogP contribution in [-0.2, 0) is 28.4 Å². The molecular weight excluding hydrogens is 504 g/mol. The standard InChI is InChI=1S/C27H32N6O4S/c1-15(34)11-17-12-18(7-9-28-17)37-19-13-29-24-21(22(19)35-6)33(5)25(31-24)32-26-30-20(16-8-10-36-14-16)23(38-26)27(2,3)4/h7,9,12-13,16H,8,10-11,14H2,1-6H3,(H,29,30,31,32)/t16-/m1/s1. The Bertz CT molecular complexity index is 1480. The second kappa shape index (κ2) is 10.3. The van der Waals surface area contributed by atoms with Crippen LogP contribution in [0.4, 0.5) is 11.1 Å². The highest BCUT2D eigenvalue weighted by Crippen LogP contribution is 2.42. The molecule has 0 bridgehead atoms. The number of methoxy groups -OCH3 is 1. The summed E-state index contributed by atoms with van der Waals surface area (Å²) < 4.78 is 19.4. The van der Waals surface area contributed by atoms with E-state index in [1.165, 1.54) is 11.8 Å². The molecular formula is C27H32N6O4S. The minimum Gasteiger partial charge on any atom is -0.491 e. The fourth-order valence-electron chi connectivity index (χ4n) is 4.55. The summed E-state index contributed by atoms with van der Waals surface area (Å²) >= 11 is 1.65. The molecule has 0 amide bonds. The zero-order chi connectivity index (χ0) is 27.0. The average Bonchev–Trinajstić information content (AvgIpc) is 3.59. The van der Waals surface area contributed by atoms with Gasteiger partial charge in [0.25, 0.3) is 0 Å². The van der Waals surface area contributed by atoms with E-state index in [0.29, 0.717) is 52.6 Å². The molecule has 1 aliphatic heterocycles. The summed E-state index contributed by atoms with van der Waals surface area (Å²) in [7, 11) is 3.48. The van der Waals surface area contributed by atoms with E-state index >= 15 is 0 Å². The van der Waals surface area contributed by atoms with E-state index in [4.69, 9.17) is 24.2 Å². The third-order valence-electron chi connectivity index (χ3n) is 6.34. The number of hydrogen-bond acceptors (Lipinski definition) is 10. The van der Waals surface area contributed by atoms with Crippen LogP contribution in [0, 0.1) is 0 Å². The van der Waals surface area contributed by atoms with Gasteiger partial charge in [0.1, 0.15) is 17.0 Å². The average molecular weight is 537 g/mol. The van der Waals surface area contributed by atoms with Gasteiger partial charge in [-0.3, -0.25) is 9.78 Å². The van der Waals surface area contributed by atoms with Crippen LogP contribution in [0.5, 0.6) is 17.2 Å². The SMILES string of the molecule is COc1c(Oc2ccnc(CC(C)=O)c2)cnc2nc(Nc3nc([C@@H]4CCOC4)c(C(C)(C)C)s3)n(C)c12. The van der Waals surface area contributed by atoms with Crippen molar-refractivity contribution >= 4 is 39.4 Å². The number of fused-ring (bicyclic) bond motifs is 1. The predicted octanol–water partition coefficient (Wildman–Crippen LogP) is 5.30. The van der Waals surface area contributed by atoms with Crippen LogP contribution < -0.4 is 14.8 Å². The van der Waals surface area contributed by atoms with Crippen LogP contribution in [-0.4, -0.2) is 50.6 Å². The highest BCUT2D eigenvalue weighted by Gasteiger charge is 2.30. The molecule has 11 heteroatoms. The quantitative estimate of drug-likeness (QED) is 0.320. The molecule has 1 saturated heterocycles. The van der Waals surface area contributed by atoms with E-state index in [1.807, 2.05) is 11.6 Å². The Labute approximate surface area is 225 Å². The first kappa shape index (κ1) is 26.1. The summed E-state index contributed by atoms with van der Waals surface area (Å²) in [6, 6.07) is 3.47. The molecule has 0 spiro atoms. The number of hydrogen-bond donors (Lipinski definition) is 1. The Hall–Kier alpha value is -3.57. The Kier molecular flexibility index (Phi) is 7.06. The number of rotatable bonds is 8. The van der Waals surface area contributed by atoms with Crippen LogP contribution in [0.1, 0.15) is 56.3 Å². The third-order valence-corrected chi connectivity index (χ3v) is 7.75. The van der Waals surface area contributed by atoms with Crippen LogP contribution in [0.15, 0.2) is 24.5 Å². The molecule has 0 aromatic carbocycles. The van der Waals surface area contributed by atoms with Gasteiger partial charge in [-0.25, -0.2) is 9.97 Å². The number of pyridine rings is 2. The molecule has 0 saturated carbocycles. The maximum atomic E-state index is 11.5. The maximum absolute atomic E-state index is 11.5. The normalized spacial score (nSPS) is 15.7. The molecule has 1 fully saturated rings. The Morgan fingerprint density at radius 1 is 1.29 bits per heavy atom. The minimum atomic E-state index is -0.0316. The number of ketones is 1. The van der Waals surface area contributed by atoms with Gasteiger partial charge in [-0.15, -0.1) is 11.3 Å². The van der Waals surface area contributed by atoms with Crippen molar-refractivity contribution in [1.82, 2.24) is 24.5 Å². The van der Waals surface area contributed by atoms with E-state index in [0.717, 1.165) is 23.9 Å². The van der Waals surface area contributed by atoms with E-state index < -0.39 is 0 Å². The zero-order valence-electron chi connectivity index (χ0n) is 22.5. The molecule has 4 aromatic heterocycles. The van der Waals surface area contributed by atoms with Gasteiger partial charge in [0.05, 0.1) is 31.3 Å². The predicted molar refractivity (Wildman–Crippen MR) is 146 cm³/mol. The van der Waals surface area contributed by atoms with Crippen molar-refractivity contribution in [3.63, 3.8) is 0 Å². The lowest BCUT2D eigenvalue weighted by Crippen LogP contribution is -2.14. The number of carbonyl (C=O) groups is 1. The number of ether oxygens (including phenoxy) is 3. The monoisotopic (exact) mass is 536 g/mol. The van der Waals surface area contributed by atoms with Crippen LogP contribution >= 0.6 is 11.3 Å². The van der Waals surface area contributed by atoms with Gasteiger partial charge in [-0.1, -0.05) is 20.8 Å². The number of anilines is 2. The lowest BCUT2D eigenvalue weighted by molar-refractivity contribution is -0.116. The van der Waals surface area contributed by atoms with Gasteiger partial charge in [0.15, 0.2) is 22.3 Å². The van der Waals surface area contributed by atoms with Crippen LogP contribution in [0.2, 0.25) is 0 Å². The van der Waals surface area contributed by atoms with Crippen molar-refractivity contribution in [1.29, 1.82) is 0 Å². The molecule has 1 atom stereocenters. The largest absolute Gasteiger partial charge is 0.491 e. The number of nitrogens with one attached hydrogen (secondary N) is 1. The van der Waals surface area contributed by atoms with Gasteiger partial charge in [0, 0.05) is 43.1 Å². The molecule has 5 heterocycles. The molecule has 1 aliphatic rings. The first-order valence-corrected chi connectivity index (χ1v) is 13.3. The van der Waals surface area contributed by atoms with Gasteiger partial charge in [-0.2, -0.15) is 4.98 Å². The molecule has 0 aliphatic carbocycles. The second-order valence-electron chi connectivity index (χ2n) is 10.5. The summed E-state index contributed by atoms with van der Waals surface area (Å²) in [6.07, 6.45) is 4.42. The summed E-state index contributed by atoms with van der Waals surface area (Å²) in [5.74, 6) is 2.41. The molecule has 38 heavy (non-hydrogen) atoms. The summed E-state index contributed by atoms with van der Waals surface area (Å²) in [5.41, 5.74) is 2.91. The number of nitrogens with zero attached hydrogens (tertiary/aromatic N) is 5. The lowest BCUT2D eigenvalue weighted by Gasteiger charge is -2.19. The summed E-state index contributed by atoms with van der Waals surface area (Å²) in [4.78, 5) is 31.2. The van der Waals surface area contributed by atoms with Crippen molar-refractivity contribution in [3.05, 3.63) is 40.8 Å². The molecule has 1 N–H and O–H groups in total. The number of carbonyl (C=O) groups excluding carboxylic acids is 1. The molecule has 200 valence electrons. The van der Waals surface area contributed by atoms with E-state index in [9.17, 15) is 4.79 Å². The van der Waals surface area contributed by atoms with Crippen molar-refractivity contribution in [2.75, 3.05) is 25.6 Å². The summed E-state index contributed by atoms with van der Waals surface area (Å²) in [6.45, 7) is 9.63. The van der Waals surface area contributed by atoms with Crippen molar-refractivity contribution in [2.45, 2.75) is 51.9 Å². The molecule has 5 rings (SSSR count). The van der Waals surface area contributed by atoms with Gasteiger partial charge in [-0.05, 0) is 24.8 Å². The van der Waals surface area contributed by atoms with Gasteiger partial charge >= 0.3 is 0 Å². The van der Waals surface area contributed by atoms with E-state index in [2.05, 4.69) is 36.1 Å². The van der Waals surface area contributed by atoms with Gasteiger partial charge in [0.2, 0.25) is 5.95 Å². The van der Waals surface area contributed by atoms with E-state index in [-0.39, 0.29) is 17.6 Å². The second-order valence-corrected chi connectivity index (χ2v) is 11.5. The first-order valence-electron chi connectivity index (χ1n) is 12.5. The van der Waals surface area contributed by atoms with Gasteiger partial charge < -0.3 is 24.1 Å². The molecule has 4 aromatic rings. The van der Waals surface area contributed by atoms with Crippen molar-refractivity contribution in [2.24, 2.45) is 7.05 Å². The number of imidazole rings is 1. The highest BCUT2D eigenvalue weighted by molar-refractivity contribution is 7.16. The van der Waals surface area contributed by atoms with Crippen LogP contribution in [0.3, 0.4) is 0 Å². The zero-order valence-corrected chi connectivity index (χ0v) is 23.3. The first-order chi connectivity index (χ1) is 18.1. The smallest absolute Gasteiger partial charge is 0.211 e. The fraction of sp³-hybridized carbons (Fsp3) is 0.444. The number of aryl methyl sites for hydroxylation is 1. The molecule has 0 radical (unpaired) electrons.